The molecule has 0 heterocycles. The Labute approximate surface area is 115 Å². The molecule has 6 atom stereocenters. The monoisotopic (exact) mass is 250 g/mol. The molecular formula is C18H34. The Morgan fingerprint density at radius 3 is 2.33 bits per heavy atom. The van der Waals surface area contributed by atoms with Gasteiger partial charge in [-0.2, -0.15) is 0 Å². The molecule has 6 unspecified atom stereocenters. The Morgan fingerprint density at radius 2 is 1.78 bits per heavy atom. The average molecular weight is 250 g/mol. The molecule has 2 rings (SSSR count). The van der Waals surface area contributed by atoms with Crippen molar-refractivity contribution in [3.63, 3.8) is 0 Å². The van der Waals surface area contributed by atoms with E-state index in [2.05, 4.69) is 34.6 Å². The molecule has 0 bridgehead atoms. The molecular weight excluding hydrogens is 216 g/mol. The Balaban J connectivity index is 1.85. The fourth-order valence-corrected chi connectivity index (χ4v) is 5.16. The summed E-state index contributed by atoms with van der Waals surface area (Å²) in [6.45, 7) is 12.1. The van der Waals surface area contributed by atoms with E-state index in [4.69, 9.17) is 0 Å². The highest BCUT2D eigenvalue weighted by molar-refractivity contribution is 5.23. The lowest BCUT2D eigenvalue weighted by molar-refractivity contribution is 0.362. The van der Waals surface area contributed by atoms with Crippen LogP contribution in [0.25, 0.3) is 0 Å². The maximum absolute atomic E-state index is 2.54. The predicted octanol–water partition coefficient (Wildman–Crippen LogP) is 5.91. The van der Waals surface area contributed by atoms with Crippen molar-refractivity contribution in [3.05, 3.63) is 0 Å². The SMILES string of the molecule is CCCC(C)CC1C(C)C12CC2C(CC)CCC. The molecule has 0 heteroatoms. The largest absolute Gasteiger partial charge is 0.0654 e. The minimum atomic E-state index is 0.845. The summed E-state index contributed by atoms with van der Waals surface area (Å²) in [5.74, 6) is 5.26. The van der Waals surface area contributed by atoms with Gasteiger partial charge in [-0.3, -0.25) is 0 Å². The molecule has 1 spiro atoms. The fourth-order valence-electron chi connectivity index (χ4n) is 5.16. The Morgan fingerprint density at radius 1 is 1.11 bits per heavy atom. The van der Waals surface area contributed by atoms with Crippen LogP contribution in [0.2, 0.25) is 0 Å². The van der Waals surface area contributed by atoms with E-state index in [1.165, 1.54) is 38.5 Å². The molecule has 0 aromatic heterocycles. The Bertz CT molecular complexity index is 269. The van der Waals surface area contributed by atoms with Crippen LogP contribution in [0.1, 0.15) is 79.6 Å². The van der Waals surface area contributed by atoms with Crippen LogP contribution in [0.4, 0.5) is 0 Å². The smallest absolute Gasteiger partial charge is 0.0204 e. The minimum absolute atomic E-state index is 0.845. The van der Waals surface area contributed by atoms with E-state index in [0.29, 0.717) is 0 Å². The van der Waals surface area contributed by atoms with Gasteiger partial charge in [-0.1, -0.05) is 66.7 Å². The van der Waals surface area contributed by atoms with Gasteiger partial charge in [0.25, 0.3) is 0 Å². The summed E-state index contributed by atoms with van der Waals surface area (Å²) in [4.78, 5) is 0. The Hall–Kier alpha value is 0. The summed E-state index contributed by atoms with van der Waals surface area (Å²) in [6, 6.07) is 0. The molecule has 0 aromatic carbocycles. The minimum Gasteiger partial charge on any atom is -0.0654 e. The molecule has 2 aliphatic carbocycles. The molecule has 0 radical (unpaired) electrons. The van der Waals surface area contributed by atoms with Gasteiger partial charge in [0.15, 0.2) is 0 Å². The van der Waals surface area contributed by atoms with Crippen molar-refractivity contribution in [2.75, 3.05) is 0 Å². The van der Waals surface area contributed by atoms with Gasteiger partial charge in [-0.05, 0) is 47.8 Å². The zero-order valence-corrected chi connectivity index (χ0v) is 13.3. The van der Waals surface area contributed by atoms with Crippen molar-refractivity contribution >= 4 is 0 Å². The van der Waals surface area contributed by atoms with Crippen molar-refractivity contribution in [1.29, 1.82) is 0 Å². The first-order valence-corrected chi connectivity index (χ1v) is 8.61. The highest BCUT2D eigenvalue weighted by atomic mass is 14.8. The molecule has 0 aliphatic heterocycles. The third-order valence-electron chi connectivity index (χ3n) is 6.33. The lowest BCUT2D eigenvalue weighted by atomic mass is 9.91. The van der Waals surface area contributed by atoms with Gasteiger partial charge < -0.3 is 0 Å². The Kier molecular flexibility index (Phi) is 4.44. The van der Waals surface area contributed by atoms with E-state index in [1.807, 2.05) is 0 Å². The van der Waals surface area contributed by atoms with Crippen molar-refractivity contribution in [1.82, 2.24) is 0 Å². The molecule has 2 saturated carbocycles. The van der Waals surface area contributed by atoms with Crippen molar-refractivity contribution in [3.8, 4) is 0 Å². The summed E-state index contributed by atoms with van der Waals surface area (Å²) in [5, 5.41) is 0. The van der Waals surface area contributed by atoms with E-state index in [0.717, 1.165) is 35.0 Å². The second kappa shape index (κ2) is 5.55. The predicted molar refractivity (Wildman–Crippen MR) is 80.6 cm³/mol. The first-order chi connectivity index (χ1) is 8.61. The van der Waals surface area contributed by atoms with Crippen molar-refractivity contribution in [2.24, 2.45) is 35.0 Å². The molecule has 2 fully saturated rings. The molecule has 106 valence electrons. The first-order valence-electron chi connectivity index (χ1n) is 8.61. The molecule has 0 N–H and O–H groups in total. The topological polar surface area (TPSA) is 0 Å². The average Bonchev–Trinajstić information content (AvgIpc) is 3.19. The highest BCUT2D eigenvalue weighted by Crippen LogP contribution is 2.81. The van der Waals surface area contributed by atoms with E-state index < -0.39 is 0 Å². The van der Waals surface area contributed by atoms with E-state index in [9.17, 15) is 0 Å². The highest BCUT2D eigenvalue weighted by Gasteiger charge is 2.75. The van der Waals surface area contributed by atoms with E-state index in [-0.39, 0.29) is 0 Å². The van der Waals surface area contributed by atoms with Crippen molar-refractivity contribution in [2.45, 2.75) is 79.6 Å². The zero-order chi connectivity index (χ0) is 13.3. The van der Waals surface area contributed by atoms with E-state index in [1.54, 1.807) is 6.42 Å². The second-order valence-corrected chi connectivity index (χ2v) is 7.40. The maximum atomic E-state index is 2.54. The van der Waals surface area contributed by atoms with Gasteiger partial charge in [0.05, 0.1) is 0 Å². The summed E-state index contributed by atoms with van der Waals surface area (Å²) in [5.41, 5.74) is 0.845. The zero-order valence-electron chi connectivity index (χ0n) is 13.3. The summed E-state index contributed by atoms with van der Waals surface area (Å²) >= 11 is 0. The molecule has 18 heavy (non-hydrogen) atoms. The summed E-state index contributed by atoms with van der Waals surface area (Å²) in [7, 11) is 0. The second-order valence-electron chi connectivity index (χ2n) is 7.40. The van der Waals surface area contributed by atoms with Gasteiger partial charge >= 0.3 is 0 Å². The van der Waals surface area contributed by atoms with Crippen LogP contribution in [0, 0.1) is 35.0 Å². The summed E-state index contributed by atoms with van der Waals surface area (Å²) < 4.78 is 0. The normalized spacial score (nSPS) is 40.8. The molecule has 0 saturated heterocycles. The van der Waals surface area contributed by atoms with Crippen LogP contribution in [-0.4, -0.2) is 0 Å². The third-order valence-corrected chi connectivity index (χ3v) is 6.33. The van der Waals surface area contributed by atoms with Crippen LogP contribution >= 0.6 is 0 Å². The van der Waals surface area contributed by atoms with Gasteiger partial charge in [-0.15, -0.1) is 0 Å². The van der Waals surface area contributed by atoms with E-state index >= 15 is 0 Å². The first kappa shape index (κ1) is 14.4. The van der Waals surface area contributed by atoms with Gasteiger partial charge in [0.2, 0.25) is 0 Å². The third kappa shape index (κ3) is 2.37. The van der Waals surface area contributed by atoms with Gasteiger partial charge in [0.1, 0.15) is 0 Å². The molecule has 0 aromatic rings. The van der Waals surface area contributed by atoms with Gasteiger partial charge in [0, 0.05) is 0 Å². The summed E-state index contributed by atoms with van der Waals surface area (Å²) in [6.07, 6.45) is 10.2. The van der Waals surface area contributed by atoms with Crippen LogP contribution in [0.15, 0.2) is 0 Å². The molecule has 0 amide bonds. The van der Waals surface area contributed by atoms with Crippen LogP contribution in [-0.2, 0) is 0 Å². The maximum Gasteiger partial charge on any atom is -0.0204 e. The van der Waals surface area contributed by atoms with Crippen LogP contribution in [0.5, 0.6) is 0 Å². The van der Waals surface area contributed by atoms with Gasteiger partial charge in [-0.25, -0.2) is 0 Å². The van der Waals surface area contributed by atoms with Crippen molar-refractivity contribution < 1.29 is 0 Å². The number of hydrogen-bond donors (Lipinski definition) is 0. The van der Waals surface area contributed by atoms with Crippen LogP contribution in [0.3, 0.4) is 0 Å². The number of rotatable bonds is 8. The lowest BCUT2D eigenvalue weighted by Crippen LogP contribution is -2.05. The molecule has 2 aliphatic rings. The lowest BCUT2D eigenvalue weighted by Gasteiger charge is -2.14. The standard InChI is InChI=1S/C18H34/c1-6-9-13(4)11-16-14(5)18(16)12-17(18)15(8-3)10-7-2/h13-17H,6-12H2,1-5H3. The van der Waals surface area contributed by atoms with Crippen LogP contribution < -0.4 is 0 Å². The number of hydrogen-bond acceptors (Lipinski definition) is 0. The fraction of sp³-hybridized carbons (Fsp3) is 1.00. The molecule has 0 nitrogen and oxygen atoms in total. The quantitative estimate of drug-likeness (QED) is 0.502.